The van der Waals surface area contributed by atoms with Crippen LogP contribution in [0.4, 0.5) is 0 Å². The van der Waals surface area contributed by atoms with Gasteiger partial charge < -0.3 is 10.1 Å². The summed E-state index contributed by atoms with van der Waals surface area (Å²) in [6, 6.07) is 12.7. The van der Waals surface area contributed by atoms with Crippen molar-refractivity contribution in [2.45, 2.75) is 25.9 Å². The fraction of sp³-hybridized carbons (Fsp3) is 0.312. The van der Waals surface area contributed by atoms with Crippen LogP contribution in [0.1, 0.15) is 29.8 Å². The molecule has 1 aromatic carbocycles. The number of aromatic nitrogens is 1. The topological polar surface area (TPSA) is 34.1 Å². The normalized spacial score (nSPS) is 14.8. The molecule has 1 aromatic heterocycles. The smallest absolute Gasteiger partial charge is 0.122 e. The maximum Gasteiger partial charge on any atom is 0.122 e. The first-order valence-corrected chi connectivity index (χ1v) is 6.72. The molecule has 0 fully saturated rings. The standard InChI is InChI=1S/C16H18N2O/c1-12(15-4-2-3-8-17-15)18-11-13-5-6-16-14(10-13)7-9-19-16/h2-6,8,10,12,18H,7,9,11H2,1H3/t12-/m0/s1. The average molecular weight is 254 g/mol. The second-order valence-electron chi connectivity index (χ2n) is 4.90. The Balaban J connectivity index is 1.63. The summed E-state index contributed by atoms with van der Waals surface area (Å²) >= 11 is 0. The van der Waals surface area contributed by atoms with Gasteiger partial charge in [-0.3, -0.25) is 4.98 Å². The molecule has 1 aliphatic heterocycles. The largest absolute Gasteiger partial charge is 0.493 e. The molecule has 0 radical (unpaired) electrons. The first-order chi connectivity index (χ1) is 9.33. The Bertz CT molecular complexity index is 554. The van der Waals surface area contributed by atoms with E-state index < -0.39 is 0 Å². The van der Waals surface area contributed by atoms with Gasteiger partial charge in [0, 0.05) is 25.2 Å². The third-order valence-corrected chi connectivity index (χ3v) is 3.50. The number of hydrogen-bond acceptors (Lipinski definition) is 3. The van der Waals surface area contributed by atoms with Crippen LogP contribution < -0.4 is 10.1 Å². The van der Waals surface area contributed by atoms with Crippen molar-refractivity contribution in [2.75, 3.05) is 6.61 Å². The summed E-state index contributed by atoms with van der Waals surface area (Å²) in [5.74, 6) is 1.04. The van der Waals surface area contributed by atoms with E-state index in [1.807, 2.05) is 24.4 Å². The number of pyridine rings is 1. The molecule has 3 heteroatoms. The van der Waals surface area contributed by atoms with Crippen LogP contribution in [-0.4, -0.2) is 11.6 Å². The van der Waals surface area contributed by atoms with E-state index in [0.29, 0.717) is 0 Å². The van der Waals surface area contributed by atoms with Crippen LogP contribution in [0.3, 0.4) is 0 Å². The predicted octanol–water partition coefficient (Wildman–Crippen LogP) is 2.87. The molecule has 0 bridgehead atoms. The van der Waals surface area contributed by atoms with Crippen molar-refractivity contribution in [2.24, 2.45) is 0 Å². The van der Waals surface area contributed by atoms with Gasteiger partial charge >= 0.3 is 0 Å². The molecule has 0 unspecified atom stereocenters. The van der Waals surface area contributed by atoms with Gasteiger partial charge in [-0.05, 0) is 36.2 Å². The Morgan fingerprint density at radius 2 is 2.26 bits per heavy atom. The Morgan fingerprint density at radius 1 is 1.32 bits per heavy atom. The van der Waals surface area contributed by atoms with Crippen molar-refractivity contribution in [1.29, 1.82) is 0 Å². The third kappa shape index (κ3) is 2.76. The summed E-state index contributed by atoms with van der Waals surface area (Å²) in [5.41, 5.74) is 3.70. The van der Waals surface area contributed by atoms with Crippen LogP contribution in [0.25, 0.3) is 0 Å². The lowest BCUT2D eigenvalue weighted by Crippen LogP contribution is -2.18. The number of ether oxygens (including phenoxy) is 1. The number of benzene rings is 1. The first kappa shape index (κ1) is 12.2. The minimum atomic E-state index is 0.255. The first-order valence-electron chi connectivity index (χ1n) is 6.72. The van der Waals surface area contributed by atoms with Crippen LogP contribution in [0, 0.1) is 0 Å². The molecule has 1 aliphatic rings. The van der Waals surface area contributed by atoms with Crippen LogP contribution in [0.5, 0.6) is 5.75 Å². The highest BCUT2D eigenvalue weighted by Crippen LogP contribution is 2.26. The monoisotopic (exact) mass is 254 g/mol. The van der Waals surface area contributed by atoms with E-state index in [9.17, 15) is 0 Å². The van der Waals surface area contributed by atoms with Gasteiger partial charge in [0.1, 0.15) is 5.75 Å². The molecule has 0 saturated heterocycles. The molecule has 1 atom stereocenters. The lowest BCUT2D eigenvalue weighted by molar-refractivity contribution is 0.357. The molecule has 3 rings (SSSR count). The number of rotatable bonds is 4. The van der Waals surface area contributed by atoms with Gasteiger partial charge in [0.2, 0.25) is 0 Å². The quantitative estimate of drug-likeness (QED) is 0.911. The highest BCUT2D eigenvalue weighted by Gasteiger charge is 2.12. The third-order valence-electron chi connectivity index (χ3n) is 3.50. The zero-order chi connectivity index (χ0) is 13.1. The Hall–Kier alpha value is -1.87. The van der Waals surface area contributed by atoms with Gasteiger partial charge in [-0.15, -0.1) is 0 Å². The van der Waals surface area contributed by atoms with Gasteiger partial charge in [0.25, 0.3) is 0 Å². The SMILES string of the molecule is C[C@H](NCc1ccc2c(c1)CCO2)c1ccccn1. The van der Waals surface area contributed by atoms with Crippen molar-refractivity contribution in [3.63, 3.8) is 0 Å². The second-order valence-corrected chi connectivity index (χ2v) is 4.90. The number of nitrogens with zero attached hydrogens (tertiary/aromatic N) is 1. The molecule has 0 amide bonds. The van der Waals surface area contributed by atoms with Crippen molar-refractivity contribution < 1.29 is 4.74 Å². The summed E-state index contributed by atoms with van der Waals surface area (Å²) in [5, 5.41) is 3.50. The maximum absolute atomic E-state index is 5.52. The van der Waals surface area contributed by atoms with Gasteiger partial charge in [-0.1, -0.05) is 18.2 Å². The molecule has 1 N–H and O–H groups in total. The Kier molecular flexibility index (Phi) is 3.47. The van der Waals surface area contributed by atoms with Crippen LogP contribution in [0.2, 0.25) is 0 Å². The number of fused-ring (bicyclic) bond motifs is 1. The molecule has 0 spiro atoms. The molecule has 2 heterocycles. The minimum Gasteiger partial charge on any atom is -0.493 e. The molecular weight excluding hydrogens is 236 g/mol. The van der Waals surface area contributed by atoms with E-state index in [1.165, 1.54) is 11.1 Å². The zero-order valence-electron chi connectivity index (χ0n) is 11.1. The van der Waals surface area contributed by atoms with E-state index in [0.717, 1.165) is 31.0 Å². The summed E-state index contributed by atoms with van der Waals surface area (Å²) in [4.78, 5) is 4.37. The zero-order valence-corrected chi connectivity index (χ0v) is 11.1. The fourth-order valence-electron chi connectivity index (χ4n) is 2.36. The summed E-state index contributed by atoms with van der Waals surface area (Å²) in [6.45, 7) is 3.81. The molecule has 2 aromatic rings. The van der Waals surface area contributed by atoms with Crippen LogP contribution in [-0.2, 0) is 13.0 Å². The molecule has 19 heavy (non-hydrogen) atoms. The predicted molar refractivity (Wildman–Crippen MR) is 75.1 cm³/mol. The second kappa shape index (κ2) is 5.41. The molecule has 3 nitrogen and oxygen atoms in total. The lowest BCUT2D eigenvalue weighted by Gasteiger charge is -2.13. The van der Waals surface area contributed by atoms with E-state index in [1.54, 1.807) is 0 Å². The van der Waals surface area contributed by atoms with E-state index >= 15 is 0 Å². The van der Waals surface area contributed by atoms with Crippen molar-refractivity contribution in [3.8, 4) is 5.75 Å². The fourth-order valence-corrected chi connectivity index (χ4v) is 2.36. The maximum atomic E-state index is 5.52. The number of hydrogen-bond donors (Lipinski definition) is 1. The summed E-state index contributed by atoms with van der Waals surface area (Å²) < 4.78 is 5.52. The minimum absolute atomic E-state index is 0.255. The van der Waals surface area contributed by atoms with E-state index in [-0.39, 0.29) is 6.04 Å². The van der Waals surface area contributed by atoms with Crippen molar-refractivity contribution in [3.05, 3.63) is 59.4 Å². The lowest BCUT2D eigenvalue weighted by atomic mass is 10.1. The number of nitrogens with one attached hydrogen (secondary N) is 1. The molecule has 0 aliphatic carbocycles. The van der Waals surface area contributed by atoms with Gasteiger partial charge in [0.05, 0.1) is 12.3 Å². The highest BCUT2D eigenvalue weighted by molar-refractivity contribution is 5.39. The highest BCUT2D eigenvalue weighted by atomic mass is 16.5. The van der Waals surface area contributed by atoms with E-state index in [2.05, 4.69) is 35.4 Å². The summed E-state index contributed by atoms with van der Waals surface area (Å²) in [7, 11) is 0. The van der Waals surface area contributed by atoms with Crippen molar-refractivity contribution in [1.82, 2.24) is 10.3 Å². The van der Waals surface area contributed by atoms with Crippen LogP contribution in [0.15, 0.2) is 42.6 Å². The van der Waals surface area contributed by atoms with E-state index in [4.69, 9.17) is 4.74 Å². The Labute approximate surface area is 113 Å². The van der Waals surface area contributed by atoms with Crippen molar-refractivity contribution >= 4 is 0 Å². The Morgan fingerprint density at radius 3 is 3.11 bits per heavy atom. The van der Waals surface area contributed by atoms with Crippen LogP contribution >= 0.6 is 0 Å². The molecular formula is C16H18N2O. The average Bonchev–Trinajstić information content (AvgIpc) is 2.93. The molecule has 0 saturated carbocycles. The van der Waals surface area contributed by atoms with Gasteiger partial charge in [0.15, 0.2) is 0 Å². The van der Waals surface area contributed by atoms with Gasteiger partial charge in [-0.2, -0.15) is 0 Å². The molecule has 98 valence electrons. The van der Waals surface area contributed by atoms with Gasteiger partial charge in [-0.25, -0.2) is 0 Å². The summed E-state index contributed by atoms with van der Waals surface area (Å²) in [6.07, 6.45) is 2.86.